The molecule has 0 aromatic heterocycles. The number of sulfone groups is 1. The molecular weight excluding hydrogens is 216 g/mol. The SMILES string of the molecule is NCC1C2CCCCN2C(=O)CS1(=O)=O. The van der Waals surface area contributed by atoms with Crippen molar-refractivity contribution in [2.45, 2.75) is 30.6 Å². The van der Waals surface area contributed by atoms with E-state index < -0.39 is 15.1 Å². The summed E-state index contributed by atoms with van der Waals surface area (Å²) in [5.41, 5.74) is 5.51. The molecule has 0 saturated carbocycles. The van der Waals surface area contributed by atoms with Gasteiger partial charge in [-0.15, -0.1) is 0 Å². The van der Waals surface area contributed by atoms with E-state index in [0.717, 1.165) is 19.3 Å². The van der Waals surface area contributed by atoms with Crippen LogP contribution in [0.4, 0.5) is 0 Å². The molecule has 0 bridgehead atoms. The van der Waals surface area contributed by atoms with Crippen molar-refractivity contribution >= 4 is 15.7 Å². The summed E-state index contributed by atoms with van der Waals surface area (Å²) in [6.45, 7) is 0.812. The lowest BCUT2D eigenvalue weighted by Crippen LogP contribution is -2.61. The number of amides is 1. The average molecular weight is 232 g/mol. The molecule has 2 heterocycles. The van der Waals surface area contributed by atoms with Crippen LogP contribution in [0.3, 0.4) is 0 Å². The second-order valence-electron chi connectivity index (χ2n) is 4.23. The van der Waals surface area contributed by atoms with Gasteiger partial charge in [0.05, 0.1) is 5.25 Å². The van der Waals surface area contributed by atoms with E-state index in [9.17, 15) is 13.2 Å². The summed E-state index contributed by atoms with van der Waals surface area (Å²) in [5.74, 6) is -0.602. The molecule has 0 aliphatic carbocycles. The number of rotatable bonds is 1. The number of piperidine rings is 1. The van der Waals surface area contributed by atoms with Gasteiger partial charge < -0.3 is 10.6 Å². The molecule has 2 unspecified atom stereocenters. The second kappa shape index (κ2) is 3.75. The largest absolute Gasteiger partial charge is 0.337 e. The highest BCUT2D eigenvalue weighted by Crippen LogP contribution is 2.27. The van der Waals surface area contributed by atoms with Crippen LogP contribution in [-0.2, 0) is 14.6 Å². The fourth-order valence-electron chi connectivity index (χ4n) is 2.56. The van der Waals surface area contributed by atoms with Crippen LogP contribution in [-0.4, -0.2) is 49.4 Å². The zero-order valence-corrected chi connectivity index (χ0v) is 9.37. The molecule has 86 valence electrons. The normalized spacial score (nSPS) is 35.0. The summed E-state index contributed by atoms with van der Waals surface area (Å²) in [6.07, 6.45) is 2.73. The summed E-state index contributed by atoms with van der Waals surface area (Å²) in [5, 5.41) is -0.546. The van der Waals surface area contributed by atoms with E-state index in [1.807, 2.05) is 0 Å². The van der Waals surface area contributed by atoms with Gasteiger partial charge in [0.1, 0.15) is 5.75 Å². The van der Waals surface area contributed by atoms with Gasteiger partial charge in [0.25, 0.3) is 0 Å². The summed E-state index contributed by atoms with van der Waals surface area (Å²) in [6, 6.07) is -0.171. The molecule has 0 aromatic rings. The third kappa shape index (κ3) is 1.76. The smallest absolute Gasteiger partial charge is 0.238 e. The summed E-state index contributed by atoms with van der Waals surface area (Å²) < 4.78 is 23.5. The maximum atomic E-state index is 11.8. The van der Waals surface area contributed by atoms with Crippen LogP contribution < -0.4 is 5.73 Å². The predicted molar refractivity (Wildman–Crippen MR) is 56.0 cm³/mol. The van der Waals surface area contributed by atoms with E-state index in [1.54, 1.807) is 4.90 Å². The first-order chi connectivity index (χ1) is 7.06. The van der Waals surface area contributed by atoms with E-state index >= 15 is 0 Å². The molecule has 0 spiro atoms. The van der Waals surface area contributed by atoms with Crippen LogP contribution in [0.1, 0.15) is 19.3 Å². The third-order valence-corrected chi connectivity index (χ3v) is 5.40. The van der Waals surface area contributed by atoms with Gasteiger partial charge in [-0.3, -0.25) is 4.79 Å². The number of carbonyl (C=O) groups is 1. The number of hydrogen-bond acceptors (Lipinski definition) is 4. The molecule has 1 amide bonds. The zero-order valence-electron chi connectivity index (χ0n) is 8.55. The monoisotopic (exact) mass is 232 g/mol. The van der Waals surface area contributed by atoms with Crippen molar-refractivity contribution in [3.05, 3.63) is 0 Å². The first-order valence-corrected chi connectivity index (χ1v) is 6.99. The van der Waals surface area contributed by atoms with Crippen molar-refractivity contribution in [3.8, 4) is 0 Å². The van der Waals surface area contributed by atoms with Crippen LogP contribution in [0.5, 0.6) is 0 Å². The standard InChI is InChI=1S/C9H16N2O3S/c10-5-8-7-3-1-2-4-11(7)9(12)6-15(8,13)14/h7-8H,1-6,10H2. The molecular formula is C9H16N2O3S. The van der Waals surface area contributed by atoms with Crippen molar-refractivity contribution in [1.29, 1.82) is 0 Å². The molecule has 5 nitrogen and oxygen atoms in total. The number of fused-ring (bicyclic) bond motifs is 1. The third-order valence-electron chi connectivity index (χ3n) is 3.32. The maximum absolute atomic E-state index is 11.8. The Labute approximate surface area is 89.5 Å². The highest BCUT2D eigenvalue weighted by atomic mass is 32.2. The van der Waals surface area contributed by atoms with Crippen molar-refractivity contribution in [3.63, 3.8) is 0 Å². The average Bonchev–Trinajstić information content (AvgIpc) is 2.17. The Bertz CT molecular complexity index is 366. The molecule has 2 atom stereocenters. The number of nitrogens with two attached hydrogens (primary N) is 1. The number of nitrogens with zero attached hydrogens (tertiary/aromatic N) is 1. The van der Waals surface area contributed by atoms with Gasteiger partial charge >= 0.3 is 0 Å². The highest BCUT2D eigenvalue weighted by Gasteiger charge is 2.45. The fourth-order valence-corrected chi connectivity index (χ4v) is 4.34. The van der Waals surface area contributed by atoms with Gasteiger partial charge in [-0.25, -0.2) is 8.42 Å². The van der Waals surface area contributed by atoms with Gasteiger partial charge in [-0.05, 0) is 19.3 Å². The Kier molecular flexibility index (Phi) is 2.72. The maximum Gasteiger partial charge on any atom is 0.238 e. The molecule has 0 aromatic carbocycles. The Morgan fingerprint density at radius 3 is 2.80 bits per heavy atom. The van der Waals surface area contributed by atoms with Crippen LogP contribution in [0, 0.1) is 0 Å². The Balaban J connectivity index is 2.32. The van der Waals surface area contributed by atoms with Crippen molar-refractivity contribution in [1.82, 2.24) is 4.90 Å². The van der Waals surface area contributed by atoms with E-state index in [4.69, 9.17) is 5.73 Å². The van der Waals surface area contributed by atoms with Crippen molar-refractivity contribution in [2.24, 2.45) is 5.73 Å². The molecule has 2 saturated heterocycles. The molecule has 2 aliphatic rings. The second-order valence-corrected chi connectivity index (χ2v) is 6.45. The summed E-state index contributed by atoms with van der Waals surface area (Å²) in [7, 11) is -3.31. The number of hydrogen-bond donors (Lipinski definition) is 1. The lowest BCUT2D eigenvalue weighted by atomic mass is 9.98. The van der Waals surface area contributed by atoms with Crippen molar-refractivity contribution in [2.75, 3.05) is 18.8 Å². The Hall–Kier alpha value is -0.620. The van der Waals surface area contributed by atoms with Crippen LogP contribution >= 0.6 is 0 Å². The van der Waals surface area contributed by atoms with E-state index in [0.29, 0.717) is 6.54 Å². The zero-order chi connectivity index (χ0) is 11.1. The van der Waals surface area contributed by atoms with Gasteiger partial charge in [0.15, 0.2) is 9.84 Å². The summed E-state index contributed by atoms with van der Waals surface area (Å²) >= 11 is 0. The molecule has 2 rings (SSSR count). The lowest BCUT2D eigenvalue weighted by Gasteiger charge is -2.43. The lowest BCUT2D eigenvalue weighted by molar-refractivity contribution is -0.132. The van der Waals surface area contributed by atoms with Gasteiger partial charge in [-0.1, -0.05) is 0 Å². The first-order valence-electron chi connectivity index (χ1n) is 5.27. The van der Waals surface area contributed by atoms with Gasteiger partial charge in [-0.2, -0.15) is 0 Å². The van der Waals surface area contributed by atoms with E-state index in [1.165, 1.54) is 0 Å². The van der Waals surface area contributed by atoms with E-state index in [-0.39, 0.29) is 24.2 Å². The quantitative estimate of drug-likeness (QED) is 0.637. The minimum atomic E-state index is -3.31. The minimum Gasteiger partial charge on any atom is -0.337 e. The first kappa shape index (κ1) is 10.9. The van der Waals surface area contributed by atoms with Crippen LogP contribution in [0.25, 0.3) is 0 Å². The van der Waals surface area contributed by atoms with Crippen molar-refractivity contribution < 1.29 is 13.2 Å². The molecule has 0 radical (unpaired) electrons. The van der Waals surface area contributed by atoms with Gasteiger partial charge in [0, 0.05) is 19.1 Å². The highest BCUT2D eigenvalue weighted by molar-refractivity contribution is 7.92. The Morgan fingerprint density at radius 1 is 1.40 bits per heavy atom. The topological polar surface area (TPSA) is 80.5 Å². The molecule has 2 N–H and O–H groups in total. The predicted octanol–water partition coefficient (Wildman–Crippen LogP) is -0.877. The molecule has 2 aliphatic heterocycles. The van der Waals surface area contributed by atoms with Crippen LogP contribution in [0.2, 0.25) is 0 Å². The van der Waals surface area contributed by atoms with Crippen LogP contribution in [0.15, 0.2) is 0 Å². The molecule has 6 heteroatoms. The van der Waals surface area contributed by atoms with Gasteiger partial charge in [0.2, 0.25) is 5.91 Å². The number of carbonyl (C=O) groups excluding carboxylic acids is 1. The minimum absolute atomic E-state index is 0.122. The Morgan fingerprint density at radius 2 is 2.13 bits per heavy atom. The summed E-state index contributed by atoms with van der Waals surface area (Å²) in [4.78, 5) is 13.3. The molecule has 15 heavy (non-hydrogen) atoms. The fraction of sp³-hybridized carbons (Fsp3) is 0.889. The van der Waals surface area contributed by atoms with E-state index in [2.05, 4.69) is 0 Å². The molecule has 2 fully saturated rings.